The molecule has 0 heterocycles. The van der Waals surface area contributed by atoms with Crippen LogP contribution in [0.25, 0.3) is 0 Å². The van der Waals surface area contributed by atoms with Crippen LogP contribution in [0.15, 0.2) is 78.9 Å². The first kappa shape index (κ1) is 15.6. The van der Waals surface area contributed by atoms with Crippen molar-refractivity contribution < 1.29 is 9.53 Å². The van der Waals surface area contributed by atoms with Crippen molar-refractivity contribution in [1.29, 1.82) is 0 Å². The van der Waals surface area contributed by atoms with Gasteiger partial charge in [-0.15, -0.1) is 0 Å². The number of para-hydroxylation sites is 3. The molecule has 0 saturated heterocycles. The van der Waals surface area contributed by atoms with E-state index in [1.807, 2.05) is 66.7 Å². The highest BCUT2D eigenvalue weighted by molar-refractivity contribution is 5.93. The van der Waals surface area contributed by atoms with Crippen LogP contribution in [0.3, 0.4) is 0 Å². The maximum atomic E-state index is 12.3. The highest BCUT2D eigenvalue weighted by Crippen LogP contribution is 2.29. The average Bonchev–Trinajstić information content (AvgIpc) is 2.60. The van der Waals surface area contributed by atoms with Gasteiger partial charge in [-0.1, -0.05) is 42.5 Å². The number of amides is 1. The summed E-state index contributed by atoms with van der Waals surface area (Å²) in [6.45, 7) is 0. The number of rotatable bonds is 5. The highest BCUT2D eigenvalue weighted by atomic mass is 16.5. The van der Waals surface area contributed by atoms with Gasteiger partial charge in [-0.05, 0) is 42.0 Å². The molecule has 3 rings (SSSR count). The summed E-state index contributed by atoms with van der Waals surface area (Å²) in [4.78, 5) is 12.3. The Morgan fingerprint density at radius 3 is 2.29 bits per heavy atom. The molecule has 0 aliphatic carbocycles. The van der Waals surface area contributed by atoms with E-state index in [1.165, 1.54) is 0 Å². The van der Waals surface area contributed by atoms with Crippen molar-refractivity contribution in [3.05, 3.63) is 84.4 Å². The summed E-state index contributed by atoms with van der Waals surface area (Å²) in [6.07, 6.45) is 0.278. The third-order valence-corrected chi connectivity index (χ3v) is 3.48. The summed E-state index contributed by atoms with van der Waals surface area (Å²) in [5.74, 6) is 1.22. The molecule has 4 nitrogen and oxygen atoms in total. The van der Waals surface area contributed by atoms with E-state index in [0.717, 1.165) is 11.3 Å². The Bertz CT molecular complexity index is 815. The van der Waals surface area contributed by atoms with Gasteiger partial charge in [0.2, 0.25) is 5.91 Å². The third kappa shape index (κ3) is 4.14. The summed E-state index contributed by atoms with van der Waals surface area (Å²) in [6, 6.07) is 24.1. The summed E-state index contributed by atoms with van der Waals surface area (Å²) < 4.78 is 5.85. The summed E-state index contributed by atoms with van der Waals surface area (Å²) in [7, 11) is 0. The lowest BCUT2D eigenvalue weighted by atomic mass is 10.1. The fraction of sp³-hybridized carbons (Fsp3) is 0.0500. The predicted octanol–water partition coefficient (Wildman–Crippen LogP) is 4.24. The monoisotopic (exact) mass is 318 g/mol. The molecule has 0 radical (unpaired) electrons. The Balaban J connectivity index is 1.70. The molecule has 3 N–H and O–H groups in total. The highest BCUT2D eigenvalue weighted by Gasteiger charge is 2.09. The minimum atomic E-state index is -0.108. The molecular formula is C20H18N2O2. The molecule has 0 aliphatic heterocycles. The van der Waals surface area contributed by atoms with Gasteiger partial charge in [0.1, 0.15) is 5.75 Å². The number of nitrogens with one attached hydrogen (secondary N) is 1. The second-order valence-electron chi connectivity index (χ2n) is 5.38. The van der Waals surface area contributed by atoms with Crippen molar-refractivity contribution in [1.82, 2.24) is 0 Å². The Morgan fingerprint density at radius 1 is 0.875 bits per heavy atom. The van der Waals surface area contributed by atoms with Crippen molar-refractivity contribution in [2.75, 3.05) is 11.1 Å². The van der Waals surface area contributed by atoms with Crippen LogP contribution in [-0.2, 0) is 11.2 Å². The van der Waals surface area contributed by atoms with Crippen LogP contribution in [0.2, 0.25) is 0 Å². The van der Waals surface area contributed by atoms with Gasteiger partial charge in [0.25, 0.3) is 0 Å². The first-order valence-corrected chi connectivity index (χ1v) is 7.67. The van der Waals surface area contributed by atoms with E-state index in [0.29, 0.717) is 17.1 Å². The Hall–Kier alpha value is -3.27. The van der Waals surface area contributed by atoms with Crippen molar-refractivity contribution in [2.24, 2.45) is 0 Å². The molecule has 0 bridgehead atoms. The van der Waals surface area contributed by atoms with Crippen LogP contribution in [0.4, 0.5) is 11.4 Å². The standard InChI is InChI=1S/C20H18N2O2/c21-16-12-10-15(11-13-16)14-20(23)22-18-8-4-5-9-19(18)24-17-6-2-1-3-7-17/h1-13H,14,21H2,(H,22,23). The van der Waals surface area contributed by atoms with Gasteiger partial charge in [0.05, 0.1) is 12.1 Å². The van der Waals surface area contributed by atoms with Crippen LogP contribution >= 0.6 is 0 Å². The summed E-state index contributed by atoms with van der Waals surface area (Å²) in [5, 5.41) is 2.90. The number of ether oxygens (including phenoxy) is 1. The number of carbonyl (C=O) groups is 1. The maximum Gasteiger partial charge on any atom is 0.228 e. The molecule has 0 aromatic heterocycles. The molecule has 4 heteroatoms. The first-order chi connectivity index (χ1) is 11.7. The molecule has 3 aromatic carbocycles. The average molecular weight is 318 g/mol. The van der Waals surface area contributed by atoms with Gasteiger partial charge in [-0.25, -0.2) is 0 Å². The van der Waals surface area contributed by atoms with E-state index in [9.17, 15) is 4.79 Å². The maximum absolute atomic E-state index is 12.3. The number of anilines is 2. The zero-order valence-electron chi connectivity index (χ0n) is 13.1. The molecule has 3 aromatic rings. The Labute approximate surface area is 140 Å². The second kappa shape index (κ2) is 7.33. The molecule has 1 amide bonds. The van der Waals surface area contributed by atoms with E-state index in [1.54, 1.807) is 12.1 Å². The first-order valence-electron chi connectivity index (χ1n) is 7.67. The van der Waals surface area contributed by atoms with E-state index in [-0.39, 0.29) is 12.3 Å². The quantitative estimate of drug-likeness (QED) is 0.691. The lowest BCUT2D eigenvalue weighted by Gasteiger charge is -2.12. The van der Waals surface area contributed by atoms with Gasteiger partial charge in [0.15, 0.2) is 5.75 Å². The molecule has 0 spiro atoms. The van der Waals surface area contributed by atoms with Crippen LogP contribution in [0.1, 0.15) is 5.56 Å². The molecule has 24 heavy (non-hydrogen) atoms. The number of nitrogens with two attached hydrogens (primary N) is 1. The number of nitrogen functional groups attached to an aromatic ring is 1. The fourth-order valence-corrected chi connectivity index (χ4v) is 2.29. The number of carbonyl (C=O) groups excluding carboxylic acids is 1. The molecular weight excluding hydrogens is 300 g/mol. The minimum Gasteiger partial charge on any atom is -0.455 e. The van der Waals surface area contributed by atoms with Crippen LogP contribution in [0, 0.1) is 0 Å². The number of benzene rings is 3. The van der Waals surface area contributed by atoms with Crippen molar-refractivity contribution in [3.8, 4) is 11.5 Å². The van der Waals surface area contributed by atoms with Crippen LogP contribution in [-0.4, -0.2) is 5.91 Å². The van der Waals surface area contributed by atoms with Crippen molar-refractivity contribution >= 4 is 17.3 Å². The SMILES string of the molecule is Nc1ccc(CC(=O)Nc2ccccc2Oc2ccccc2)cc1. The van der Waals surface area contributed by atoms with Gasteiger partial charge >= 0.3 is 0 Å². The summed E-state index contributed by atoms with van der Waals surface area (Å²) in [5.41, 5.74) is 7.88. The molecule has 0 aliphatic rings. The normalized spacial score (nSPS) is 10.2. The second-order valence-corrected chi connectivity index (χ2v) is 5.38. The van der Waals surface area contributed by atoms with E-state index in [2.05, 4.69) is 5.32 Å². The molecule has 0 atom stereocenters. The Morgan fingerprint density at radius 2 is 1.54 bits per heavy atom. The molecule has 120 valence electrons. The van der Waals surface area contributed by atoms with Crippen molar-refractivity contribution in [2.45, 2.75) is 6.42 Å². The zero-order valence-corrected chi connectivity index (χ0v) is 13.1. The van der Waals surface area contributed by atoms with Crippen LogP contribution in [0.5, 0.6) is 11.5 Å². The fourth-order valence-electron chi connectivity index (χ4n) is 2.29. The van der Waals surface area contributed by atoms with Gasteiger partial charge < -0.3 is 15.8 Å². The van der Waals surface area contributed by atoms with E-state index < -0.39 is 0 Å². The van der Waals surface area contributed by atoms with Gasteiger partial charge in [-0.3, -0.25) is 4.79 Å². The smallest absolute Gasteiger partial charge is 0.228 e. The van der Waals surface area contributed by atoms with Crippen molar-refractivity contribution in [3.63, 3.8) is 0 Å². The third-order valence-electron chi connectivity index (χ3n) is 3.48. The largest absolute Gasteiger partial charge is 0.455 e. The molecule has 0 saturated carbocycles. The van der Waals surface area contributed by atoms with E-state index >= 15 is 0 Å². The zero-order chi connectivity index (χ0) is 16.8. The summed E-state index contributed by atoms with van der Waals surface area (Å²) >= 11 is 0. The number of hydrogen-bond acceptors (Lipinski definition) is 3. The van der Waals surface area contributed by atoms with Crippen LogP contribution < -0.4 is 15.8 Å². The predicted molar refractivity (Wildman–Crippen MR) is 96.1 cm³/mol. The molecule has 0 unspecified atom stereocenters. The topological polar surface area (TPSA) is 64.4 Å². The lowest BCUT2D eigenvalue weighted by Crippen LogP contribution is -2.14. The Kier molecular flexibility index (Phi) is 4.77. The van der Waals surface area contributed by atoms with Gasteiger partial charge in [-0.2, -0.15) is 0 Å². The minimum absolute atomic E-state index is 0.108. The molecule has 0 fully saturated rings. The van der Waals surface area contributed by atoms with E-state index in [4.69, 9.17) is 10.5 Å². The lowest BCUT2D eigenvalue weighted by molar-refractivity contribution is -0.115. The van der Waals surface area contributed by atoms with Gasteiger partial charge in [0, 0.05) is 5.69 Å². The number of hydrogen-bond donors (Lipinski definition) is 2.